The number of aromatic nitrogens is 1. The summed E-state index contributed by atoms with van der Waals surface area (Å²) in [5, 5.41) is 1.42. The quantitative estimate of drug-likeness (QED) is 0.489. The molecule has 0 amide bonds. The van der Waals surface area contributed by atoms with E-state index in [-0.39, 0.29) is 18.3 Å². The molecule has 0 unspecified atom stereocenters. The predicted octanol–water partition coefficient (Wildman–Crippen LogP) is 4.57. The summed E-state index contributed by atoms with van der Waals surface area (Å²) in [5.74, 6) is -0.436. The first-order valence-corrected chi connectivity index (χ1v) is 8.82. The number of ether oxygens (including phenoxy) is 1. The zero-order valence-corrected chi connectivity index (χ0v) is 15.8. The van der Waals surface area contributed by atoms with Crippen LogP contribution in [0.15, 0.2) is 42.5 Å². The summed E-state index contributed by atoms with van der Waals surface area (Å²) in [4.78, 5) is 25.0. The highest BCUT2D eigenvalue weighted by atomic mass is 35.5. The number of methoxy groups -OCH3 is 1. The first-order valence-electron chi connectivity index (χ1n) is 8.45. The smallest absolute Gasteiger partial charge is 0.325 e. The van der Waals surface area contributed by atoms with Gasteiger partial charge in [-0.2, -0.15) is 0 Å². The minimum Gasteiger partial charge on any atom is -0.468 e. The molecule has 0 aliphatic rings. The summed E-state index contributed by atoms with van der Waals surface area (Å²) in [6, 6.07) is 12.8. The number of ketones is 1. The van der Waals surface area contributed by atoms with Crippen LogP contribution in [0.3, 0.4) is 0 Å². The first kappa shape index (κ1) is 18.2. The van der Waals surface area contributed by atoms with E-state index in [0.717, 1.165) is 28.6 Å². The Labute approximate surface area is 157 Å². The fourth-order valence-corrected chi connectivity index (χ4v) is 3.30. The van der Waals surface area contributed by atoms with E-state index in [1.165, 1.54) is 7.11 Å². The summed E-state index contributed by atoms with van der Waals surface area (Å²) >= 11 is 5.93. The molecule has 0 fully saturated rings. The van der Waals surface area contributed by atoms with Crippen molar-refractivity contribution in [2.24, 2.45) is 0 Å². The Morgan fingerprint density at radius 3 is 2.42 bits per heavy atom. The molecular formula is C21H20ClNO3. The number of halogens is 1. The van der Waals surface area contributed by atoms with Crippen molar-refractivity contribution in [3.05, 3.63) is 69.9 Å². The Bertz CT molecular complexity index is 987. The van der Waals surface area contributed by atoms with E-state index in [2.05, 4.69) is 6.92 Å². The van der Waals surface area contributed by atoms with Gasteiger partial charge in [0.15, 0.2) is 5.78 Å². The number of benzene rings is 2. The van der Waals surface area contributed by atoms with Crippen LogP contribution in [0.5, 0.6) is 0 Å². The Balaban J connectivity index is 2.21. The summed E-state index contributed by atoms with van der Waals surface area (Å²) in [5.41, 5.74) is 3.93. The Hall–Kier alpha value is -2.59. The molecule has 1 aromatic heterocycles. The third-order valence-corrected chi connectivity index (χ3v) is 4.90. The Kier molecular flexibility index (Phi) is 5.14. The summed E-state index contributed by atoms with van der Waals surface area (Å²) < 4.78 is 6.67. The van der Waals surface area contributed by atoms with Gasteiger partial charge in [0.25, 0.3) is 0 Å². The number of carbonyl (C=O) groups excluding carboxylic acids is 2. The Morgan fingerprint density at radius 1 is 1.12 bits per heavy atom. The van der Waals surface area contributed by atoms with Crippen molar-refractivity contribution in [3.63, 3.8) is 0 Å². The van der Waals surface area contributed by atoms with E-state index in [9.17, 15) is 9.59 Å². The van der Waals surface area contributed by atoms with Crippen LogP contribution >= 0.6 is 11.6 Å². The maximum absolute atomic E-state index is 13.1. The van der Waals surface area contributed by atoms with Crippen molar-refractivity contribution >= 4 is 34.3 Å². The lowest BCUT2D eigenvalue weighted by Gasteiger charge is -2.07. The van der Waals surface area contributed by atoms with Gasteiger partial charge in [0.05, 0.1) is 12.7 Å². The molecule has 0 aliphatic carbocycles. The molecule has 1 heterocycles. The van der Waals surface area contributed by atoms with Gasteiger partial charge in [-0.3, -0.25) is 9.59 Å². The first-order chi connectivity index (χ1) is 12.5. The molecule has 3 aromatic rings. The van der Waals surface area contributed by atoms with Crippen molar-refractivity contribution in [1.82, 2.24) is 4.57 Å². The van der Waals surface area contributed by atoms with Gasteiger partial charge in [-0.25, -0.2) is 0 Å². The van der Waals surface area contributed by atoms with Crippen LogP contribution in [0.25, 0.3) is 10.9 Å². The minimum atomic E-state index is -0.350. The highest BCUT2D eigenvalue weighted by Crippen LogP contribution is 2.29. The maximum Gasteiger partial charge on any atom is 0.325 e. The number of hydrogen-bond acceptors (Lipinski definition) is 3. The Morgan fingerprint density at radius 2 is 1.81 bits per heavy atom. The van der Waals surface area contributed by atoms with Crippen LogP contribution in [0, 0.1) is 6.92 Å². The molecule has 26 heavy (non-hydrogen) atoms. The fourth-order valence-electron chi connectivity index (χ4n) is 3.17. The molecule has 2 aromatic carbocycles. The number of carbonyl (C=O) groups is 2. The second-order valence-electron chi connectivity index (χ2n) is 6.16. The molecule has 4 nitrogen and oxygen atoms in total. The van der Waals surface area contributed by atoms with Gasteiger partial charge < -0.3 is 9.30 Å². The van der Waals surface area contributed by atoms with E-state index in [1.807, 2.05) is 29.7 Å². The van der Waals surface area contributed by atoms with Gasteiger partial charge in [0, 0.05) is 27.2 Å². The second kappa shape index (κ2) is 7.34. The lowest BCUT2D eigenvalue weighted by Crippen LogP contribution is -2.13. The van der Waals surface area contributed by atoms with Crippen molar-refractivity contribution in [2.75, 3.05) is 7.11 Å². The monoisotopic (exact) mass is 369 g/mol. The molecular weight excluding hydrogens is 350 g/mol. The number of esters is 1. The zero-order valence-electron chi connectivity index (χ0n) is 15.0. The number of hydrogen-bond donors (Lipinski definition) is 0. The highest BCUT2D eigenvalue weighted by molar-refractivity contribution is 6.30. The number of aryl methyl sites for hydroxylation is 1. The van der Waals surface area contributed by atoms with Crippen LogP contribution in [0.1, 0.15) is 34.1 Å². The lowest BCUT2D eigenvalue weighted by molar-refractivity contribution is -0.141. The lowest BCUT2D eigenvalue weighted by atomic mass is 9.99. The van der Waals surface area contributed by atoms with Gasteiger partial charge in [-0.1, -0.05) is 30.7 Å². The van der Waals surface area contributed by atoms with Crippen molar-refractivity contribution in [2.45, 2.75) is 26.8 Å². The van der Waals surface area contributed by atoms with Crippen molar-refractivity contribution in [1.29, 1.82) is 0 Å². The second-order valence-corrected chi connectivity index (χ2v) is 6.60. The number of fused-ring (bicyclic) bond motifs is 1. The molecule has 0 N–H and O–H groups in total. The van der Waals surface area contributed by atoms with Crippen LogP contribution in [0.2, 0.25) is 5.02 Å². The van der Waals surface area contributed by atoms with E-state index < -0.39 is 0 Å². The topological polar surface area (TPSA) is 48.3 Å². The molecule has 3 rings (SSSR count). The number of nitrogens with zero attached hydrogens (tertiary/aromatic N) is 1. The van der Waals surface area contributed by atoms with Crippen molar-refractivity contribution < 1.29 is 14.3 Å². The molecule has 0 bridgehead atoms. The molecule has 0 spiro atoms. The molecule has 0 atom stereocenters. The molecule has 0 saturated carbocycles. The summed E-state index contributed by atoms with van der Waals surface area (Å²) in [6.07, 6.45) is 0.874. The number of rotatable bonds is 5. The summed E-state index contributed by atoms with van der Waals surface area (Å²) in [6.45, 7) is 4.00. The van der Waals surface area contributed by atoms with Crippen LogP contribution in [0.4, 0.5) is 0 Å². The summed E-state index contributed by atoms with van der Waals surface area (Å²) in [7, 11) is 1.36. The highest BCUT2D eigenvalue weighted by Gasteiger charge is 2.22. The van der Waals surface area contributed by atoms with E-state index in [4.69, 9.17) is 16.3 Å². The van der Waals surface area contributed by atoms with Gasteiger partial charge in [0.2, 0.25) is 0 Å². The average molecular weight is 370 g/mol. The molecule has 0 saturated heterocycles. The van der Waals surface area contributed by atoms with E-state index >= 15 is 0 Å². The minimum absolute atomic E-state index is 0.0693. The molecule has 5 heteroatoms. The van der Waals surface area contributed by atoms with Crippen LogP contribution in [-0.2, 0) is 22.5 Å². The largest absolute Gasteiger partial charge is 0.468 e. The third-order valence-electron chi connectivity index (χ3n) is 4.65. The standard InChI is InChI=1S/C21H20ClNO3/c1-4-14-5-10-17-18(11-14)23(12-19(24)26-3)13(2)20(17)21(25)15-6-8-16(22)9-7-15/h5-11H,4,12H2,1-3H3. The molecule has 134 valence electrons. The maximum atomic E-state index is 13.1. The van der Waals surface area contributed by atoms with Crippen molar-refractivity contribution in [3.8, 4) is 0 Å². The van der Waals surface area contributed by atoms with Gasteiger partial charge in [-0.05, 0) is 49.2 Å². The SMILES string of the molecule is CCc1ccc2c(C(=O)c3ccc(Cl)cc3)c(C)n(CC(=O)OC)c2c1. The normalized spacial score (nSPS) is 10.9. The van der Waals surface area contributed by atoms with Crippen LogP contribution in [-0.4, -0.2) is 23.4 Å². The third kappa shape index (κ3) is 3.25. The predicted molar refractivity (Wildman–Crippen MR) is 103 cm³/mol. The average Bonchev–Trinajstić information content (AvgIpc) is 2.92. The van der Waals surface area contributed by atoms with Crippen LogP contribution < -0.4 is 0 Å². The van der Waals surface area contributed by atoms with Gasteiger partial charge >= 0.3 is 5.97 Å². The fraction of sp³-hybridized carbons (Fsp3) is 0.238. The zero-order chi connectivity index (χ0) is 18.8. The molecule has 0 aliphatic heterocycles. The van der Waals surface area contributed by atoms with E-state index in [0.29, 0.717) is 16.1 Å². The van der Waals surface area contributed by atoms with Gasteiger partial charge in [-0.15, -0.1) is 0 Å². The van der Waals surface area contributed by atoms with Gasteiger partial charge in [0.1, 0.15) is 6.54 Å². The molecule has 0 radical (unpaired) electrons. The van der Waals surface area contributed by atoms with E-state index in [1.54, 1.807) is 24.3 Å².